The summed E-state index contributed by atoms with van der Waals surface area (Å²) >= 11 is 0. The second-order valence-electron chi connectivity index (χ2n) is 7.09. The first-order valence-corrected chi connectivity index (χ1v) is 9.34. The number of hydrogen-bond acceptors (Lipinski definition) is 5. The Bertz CT molecular complexity index is 990. The molecular formula is C20H21F2N5O. The number of nitrogens with one attached hydrogen (secondary N) is 2. The molecule has 3 heterocycles. The van der Waals surface area contributed by atoms with Gasteiger partial charge in [-0.1, -0.05) is 6.07 Å². The number of rotatable bonds is 6. The molecule has 146 valence electrons. The largest absolute Gasteiger partial charge is 0.376 e. The number of ketones is 1. The van der Waals surface area contributed by atoms with Crippen LogP contribution >= 0.6 is 0 Å². The number of hydrogen-bond donors (Lipinski definition) is 2. The summed E-state index contributed by atoms with van der Waals surface area (Å²) in [6.45, 7) is 1.60. The summed E-state index contributed by atoms with van der Waals surface area (Å²) in [5, 5.41) is 3.67. The molecule has 0 aliphatic carbocycles. The standard InChI is InChI=1S/C20H21F2N5O/c21-16-4-1-5-17(18(16)22)24-10-14(28)9-13-3-2-8-27(11-13)20-15-6-7-23-19(15)25-12-26-20/h1,4-7,12-13,24H,2-3,8-11H2,(H,23,25,26). The van der Waals surface area contributed by atoms with E-state index in [-0.39, 0.29) is 23.9 Å². The average Bonchev–Trinajstić information content (AvgIpc) is 3.18. The summed E-state index contributed by atoms with van der Waals surface area (Å²) in [5.41, 5.74) is 0.805. The summed E-state index contributed by atoms with van der Waals surface area (Å²) in [7, 11) is 0. The van der Waals surface area contributed by atoms with E-state index in [0.717, 1.165) is 48.8 Å². The van der Waals surface area contributed by atoms with E-state index in [1.807, 2.05) is 12.3 Å². The van der Waals surface area contributed by atoms with Crippen molar-refractivity contribution in [2.24, 2.45) is 5.92 Å². The van der Waals surface area contributed by atoms with Gasteiger partial charge in [0.15, 0.2) is 17.4 Å². The van der Waals surface area contributed by atoms with Crippen molar-refractivity contribution in [2.45, 2.75) is 19.3 Å². The summed E-state index contributed by atoms with van der Waals surface area (Å²) in [6, 6.07) is 5.84. The molecule has 2 N–H and O–H groups in total. The maximum atomic E-state index is 13.7. The molecule has 1 unspecified atom stereocenters. The van der Waals surface area contributed by atoms with Crippen LogP contribution in [0.15, 0.2) is 36.8 Å². The number of halogens is 2. The van der Waals surface area contributed by atoms with Crippen molar-refractivity contribution >= 4 is 28.3 Å². The SMILES string of the molecule is O=C(CNc1cccc(F)c1F)CC1CCCN(c2ncnc3[nH]ccc23)C1. The van der Waals surface area contributed by atoms with Crippen LogP contribution in [0, 0.1) is 17.6 Å². The Balaban J connectivity index is 1.36. The minimum atomic E-state index is -0.960. The van der Waals surface area contributed by atoms with Crippen LogP contribution in [0.2, 0.25) is 0 Å². The molecule has 0 saturated carbocycles. The molecule has 1 fully saturated rings. The van der Waals surface area contributed by atoms with Gasteiger partial charge in [-0.3, -0.25) is 4.79 Å². The van der Waals surface area contributed by atoms with Crippen LogP contribution in [0.25, 0.3) is 11.0 Å². The van der Waals surface area contributed by atoms with E-state index >= 15 is 0 Å². The molecule has 1 aliphatic heterocycles. The van der Waals surface area contributed by atoms with Gasteiger partial charge in [0.25, 0.3) is 0 Å². The van der Waals surface area contributed by atoms with Crippen LogP contribution in [0.5, 0.6) is 0 Å². The smallest absolute Gasteiger partial charge is 0.181 e. The predicted molar refractivity (Wildman–Crippen MR) is 103 cm³/mol. The lowest BCUT2D eigenvalue weighted by atomic mass is 9.92. The number of carbonyl (C=O) groups excluding carboxylic acids is 1. The molecule has 0 amide bonds. The summed E-state index contributed by atoms with van der Waals surface area (Å²) < 4.78 is 26.9. The van der Waals surface area contributed by atoms with Gasteiger partial charge in [0.1, 0.15) is 17.8 Å². The van der Waals surface area contributed by atoms with Crippen LogP contribution in [0.3, 0.4) is 0 Å². The molecule has 6 nitrogen and oxygen atoms in total. The fraction of sp³-hybridized carbons (Fsp3) is 0.350. The third-order valence-corrected chi connectivity index (χ3v) is 5.10. The Morgan fingerprint density at radius 3 is 3.07 bits per heavy atom. The zero-order valence-corrected chi connectivity index (χ0v) is 15.3. The number of carbonyl (C=O) groups is 1. The monoisotopic (exact) mass is 385 g/mol. The number of nitrogens with zero attached hydrogens (tertiary/aromatic N) is 3. The van der Waals surface area contributed by atoms with Crippen LogP contribution in [0.4, 0.5) is 20.3 Å². The van der Waals surface area contributed by atoms with E-state index in [4.69, 9.17) is 0 Å². The Morgan fingerprint density at radius 1 is 1.29 bits per heavy atom. The van der Waals surface area contributed by atoms with Crippen LogP contribution in [-0.4, -0.2) is 40.4 Å². The molecule has 0 spiro atoms. The normalized spacial score (nSPS) is 17.1. The number of aromatic nitrogens is 3. The molecule has 1 saturated heterocycles. The summed E-state index contributed by atoms with van der Waals surface area (Å²) in [6.07, 6.45) is 5.70. The minimum absolute atomic E-state index is 0.00876. The first-order chi connectivity index (χ1) is 13.6. The molecule has 0 radical (unpaired) electrons. The number of H-pyrrole nitrogens is 1. The molecule has 0 bridgehead atoms. The highest BCUT2D eigenvalue weighted by atomic mass is 19.2. The number of piperidine rings is 1. The maximum Gasteiger partial charge on any atom is 0.181 e. The van der Waals surface area contributed by atoms with E-state index in [1.165, 1.54) is 12.1 Å². The molecule has 8 heteroatoms. The van der Waals surface area contributed by atoms with Gasteiger partial charge in [-0.2, -0.15) is 0 Å². The fourth-order valence-corrected chi connectivity index (χ4v) is 3.76. The quantitative estimate of drug-likeness (QED) is 0.679. The fourth-order valence-electron chi connectivity index (χ4n) is 3.76. The van der Waals surface area contributed by atoms with Crippen LogP contribution < -0.4 is 10.2 Å². The van der Waals surface area contributed by atoms with Crippen molar-refractivity contribution in [1.82, 2.24) is 15.0 Å². The van der Waals surface area contributed by atoms with Crippen molar-refractivity contribution in [1.29, 1.82) is 0 Å². The lowest BCUT2D eigenvalue weighted by molar-refractivity contribution is -0.118. The van der Waals surface area contributed by atoms with Gasteiger partial charge >= 0.3 is 0 Å². The second kappa shape index (κ2) is 7.92. The topological polar surface area (TPSA) is 73.9 Å². The second-order valence-corrected chi connectivity index (χ2v) is 7.09. The molecule has 28 heavy (non-hydrogen) atoms. The maximum absolute atomic E-state index is 13.7. The van der Waals surface area contributed by atoms with Gasteiger partial charge in [0.2, 0.25) is 0 Å². The van der Waals surface area contributed by atoms with E-state index in [1.54, 1.807) is 6.33 Å². The number of Topliss-reactive ketones (excluding diaryl/α,β-unsaturated/α-hetero) is 1. The van der Waals surface area contributed by atoms with Crippen molar-refractivity contribution in [2.75, 3.05) is 29.9 Å². The van der Waals surface area contributed by atoms with Gasteiger partial charge in [-0.25, -0.2) is 18.7 Å². The number of benzene rings is 1. The Labute approximate surface area is 161 Å². The highest BCUT2D eigenvalue weighted by molar-refractivity contribution is 5.87. The molecule has 2 aromatic heterocycles. The van der Waals surface area contributed by atoms with Crippen molar-refractivity contribution < 1.29 is 13.6 Å². The Morgan fingerprint density at radius 2 is 2.18 bits per heavy atom. The molecule has 1 aliphatic rings. The lowest BCUT2D eigenvalue weighted by Gasteiger charge is -2.33. The first-order valence-electron chi connectivity index (χ1n) is 9.34. The van der Waals surface area contributed by atoms with Gasteiger partial charge in [-0.05, 0) is 37.0 Å². The number of anilines is 2. The third-order valence-electron chi connectivity index (χ3n) is 5.10. The van der Waals surface area contributed by atoms with Crippen LogP contribution in [-0.2, 0) is 4.79 Å². The molecule has 4 rings (SSSR count). The number of aromatic amines is 1. The highest BCUT2D eigenvalue weighted by Gasteiger charge is 2.24. The van der Waals surface area contributed by atoms with Gasteiger partial charge in [0, 0.05) is 25.7 Å². The van der Waals surface area contributed by atoms with Crippen molar-refractivity contribution in [3.63, 3.8) is 0 Å². The molecule has 1 atom stereocenters. The highest BCUT2D eigenvalue weighted by Crippen LogP contribution is 2.28. The number of fused-ring (bicyclic) bond motifs is 1. The molecule has 3 aromatic rings. The van der Waals surface area contributed by atoms with E-state index in [9.17, 15) is 13.6 Å². The van der Waals surface area contributed by atoms with Crippen LogP contribution in [0.1, 0.15) is 19.3 Å². The average molecular weight is 385 g/mol. The summed E-state index contributed by atoms with van der Waals surface area (Å²) in [5.74, 6) is -0.836. The third kappa shape index (κ3) is 3.81. The lowest BCUT2D eigenvalue weighted by Crippen LogP contribution is -2.37. The van der Waals surface area contributed by atoms with Crippen molar-refractivity contribution in [3.8, 4) is 0 Å². The molecular weight excluding hydrogens is 364 g/mol. The first kappa shape index (κ1) is 18.3. The van der Waals surface area contributed by atoms with E-state index < -0.39 is 11.6 Å². The minimum Gasteiger partial charge on any atom is -0.376 e. The van der Waals surface area contributed by atoms with Gasteiger partial charge in [0.05, 0.1) is 17.6 Å². The van der Waals surface area contributed by atoms with Crippen molar-refractivity contribution in [3.05, 3.63) is 48.4 Å². The van der Waals surface area contributed by atoms with Gasteiger partial charge in [-0.15, -0.1) is 0 Å². The zero-order valence-electron chi connectivity index (χ0n) is 15.3. The zero-order chi connectivity index (χ0) is 19.5. The Hall–Kier alpha value is -3.03. The van der Waals surface area contributed by atoms with E-state index in [0.29, 0.717) is 6.42 Å². The van der Waals surface area contributed by atoms with Gasteiger partial charge < -0.3 is 15.2 Å². The molecule has 1 aromatic carbocycles. The van der Waals surface area contributed by atoms with E-state index in [2.05, 4.69) is 25.2 Å². The Kier molecular flexibility index (Phi) is 5.18. The summed E-state index contributed by atoms with van der Waals surface area (Å²) in [4.78, 5) is 26.3. The predicted octanol–water partition coefficient (Wildman–Crippen LogP) is 3.52.